The molecule has 61 heavy (non-hydrogen) atoms. The van der Waals surface area contributed by atoms with Crippen LogP contribution in [-0.2, 0) is 14.3 Å². The molecule has 0 aromatic carbocycles. The van der Waals surface area contributed by atoms with E-state index in [0.29, 0.717) is 19.3 Å². The van der Waals surface area contributed by atoms with Gasteiger partial charge in [-0.1, -0.05) is 278 Å². The van der Waals surface area contributed by atoms with Gasteiger partial charge in [0.15, 0.2) is 0 Å². The van der Waals surface area contributed by atoms with Crippen molar-refractivity contribution in [3.05, 3.63) is 0 Å². The predicted octanol–water partition coefficient (Wildman–Crippen LogP) is 16.7. The third-order valence-corrected chi connectivity index (χ3v) is 13.2. The molecule has 3 unspecified atom stereocenters. The molecule has 0 bridgehead atoms. The van der Waals surface area contributed by atoms with Gasteiger partial charge < -0.3 is 20.3 Å². The number of unbranched alkanes of at least 4 members (excludes halogenated alkanes) is 39. The third kappa shape index (κ3) is 45.2. The first kappa shape index (κ1) is 59.9. The van der Waals surface area contributed by atoms with E-state index in [4.69, 9.17) is 4.74 Å². The summed E-state index contributed by atoms with van der Waals surface area (Å²) in [5.74, 6) is -0.448. The van der Waals surface area contributed by atoms with Gasteiger partial charge in [0, 0.05) is 6.42 Å². The number of aliphatic hydroxyl groups is 2. The molecular formula is C55H109NO5. The van der Waals surface area contributed by atoms with Crippen molar-refractivity contribution in [1.29, 1.82) is 0 Å². The van der Waals surface area contributed by atoms with E-state index < -0.39 is 18.2 Å². The highest BCUT2D eigenvalue weighted by atomic mass is 16.5. The van der Waals surface area contributed by atoms with E-state index in [-0.39, 0.29) is 24.9 Å². The molecule has 3 atom stereocenters. The minimum absolute atomic E-state index is 0.0881. The van der Waals surface area contributed by atoms with Gasteiger partial charge in [0.25, 0.3) is 0 Å². The van der Waals surface area contributed by atoms with E-state index in [2.05, 4.69) is 26.1 Å². The molecule has 0 radical (unpaired) electrons. The molecule has 0 fully saturated rings. The number of carbonyl (C=O) groups is 2. The van der Waals surface area contributed by atoms with Crippen LogP contribution in [0.5, 0.6) is 0 Å². The first-order valence-electron chi connectivity index (χ1n) is 27.8. The summed E-state index contributed by atoms with van der Waals surface area (Å²) < 4.78 is 5.95. The second kappa shape index (κ2) is 49.9. The van der Waals surface area contributed by atoms with Gasteiger partial charge in [0.05, 0.1) is 25.2 Å². The van der Waals surface area contributed by atoms with Crippen LogP contribution >= 0.6 is 0 Å². The van der Waals surface area contributed by atoms with Crippen molar-refractivity contribution >= 4 is 11.9 Å². The lowest BCUT2D eigenvalue weighted by Gasteiger charge is -2.24. The second-order valence-electron chi connectivity index (χ2n) is 19.4. The van der Waals surface area contributed by atoms with E-state index in [0.717, 1.165) is 38.5 Å². The van der Waals surface area contributed by atoms with Crippen molar-refractivity contribution in [2.24, 2.45) is 0 Å². The summed E-state index contributed by atoms with van der Waals surface area (Å²) in [5, 5.41) is 23.8. The Morgan fingerprint density at radius 3 is 1.00 bits per heavy atom. The molecule has 3 N–H and O–H groups in total. The fraction of sp³-hybridized carbons (Fsp3) is 0.964. The van der Waals surface area contributed by atoms with Gasteiger partial charge in [0.1, 0.15) is 6.10 Å². The Hall–Kier alpha value is -1.14. The minimum Gasteiger partial charge on any atom is -0.462 e. The molecule has 0 aliphatic heterocycles. The second-order valence-corrected chi connectivity index (χ2v) is 19.4. The molecule has 364 valence electrons. The molecule has 0 rings (SSSR count). The Labute approximate surface area is 381 Å². The number of carbonyl (C=O) groups excluding carboxylic acids is 2. The van der Waals surface area contributed by atoms with Gasteiger partial charge in [-0.15, -0.1) is 0 Å². The van der Waals surface area contributed by atoms with Crippen LogP contribution in [0, 0.1) is 0 Å². The zero-order chi connectivity index (χ0) is 44.5. The first-order valence-corrected chi connectivity index (χ1v) is 27.8. The van der Waals surface area contributed by atoms with E-state index in [1.165, 1.54) is 231 Å². The average Bonchev–Trinajstić information content (AvgIpc) is 3.25. The van der Waals surface area contributed by atoms with E-state index in [9.17, 15) is 19.8 Å². The number of hydrogen-bond acceptors (Lipinski definition) is 5. The number of amides is 1. The molecule has 0 saturated carbocycles. The van der Waals surface area contributed by atoms with Crippen LogP contribution in [0.2, 0.25) is 0 Å². The number of hydrogen-bond donors (Lipinski definition) is 3. The molecule has 1 amide bonds. The summed E-state index contributed by atoms with van der Waals surface area (Å²) in [6.07, 6.45) is 54.5. The van der Waals surface area contributed by atoms with Gasteiger partial charge in [-0.3, -0.25) is 9.59 Å². The number of nitrogens with one attached hydrogen (secondary N) is 1. The molecule has 6 heteroatoms. The lowest BCUT2D eigenvalue weighted by molar-refractivity contribution is -0.151. The summed E-state index contributed by atoms with van der Waals surface area (Å²) in [4.78, 5) is 26.2. The van der Waals surface area contributed by atoms with Crippen LogP contribution in [0.1, 0.15) is 316 Å². The highest BCUT2D eigenvalue weighted by Crippen LogP contribution is 2.19. The number of esters is 1. The molecule has 0 aromatic heterocycles. The van der Waals surface area contributed by atoms with E-state index >= 15 is 0 Å². The molecular weight excluding hydrogens is 755 g/mol. The van der Waals surface area contributed by atoms with Crippen LogP contribution in [0.4, 0.5) is 0 Å². The Kier molecular flexibility index (Phi) is 48.9. The molecule has 6 nitrogen and oxygen atoms in total. The summed E-state index contributed by atoms with van der Waals surface area (Å²) in [7, 11) is 0. The minimum atomic E-state index is -0.779. The maximum absolute atomic E-state index is 13.2. The largest absolute Gasteiger partial charge is 0.462 e. The predicted molar refractivity (Wildman–Crippen MR) is 264 cm³/mol. The zero-order valence-corrected chi connectivity index (χ0v) is 41.6. The SMILES string of the molecule is CCCCCCCCCCCCCCCCCCC(O)C(CO)NC(=O)CC(CCCCCCCCCCCCCC)OC(=O)CCCCCCCCCCCCCCCC. The highest BCUT2D eigenvalue weighted by Gasteiger charge is 2.24. The van der Waals surface area contributed by atoms with Crippen molar-refractivity contribution in [3.63, 3.8) is 0 Å². The lowest BCUT2D eigenvalue weighted by atomic mass is 10.0. The molecule has 0 saturated heterocycles. The lowest BCUT2D eigenvalue weighted by Crippen LogP contribution is -2.46. The summed E-state index contributed by atoms with van der Waals surface area (Å²) in [6, 6.07) is -0.692. The average molecular weight is 864 g/mol. The van der Waals surface area contributed by atoms with Crippen LogP contribution in [0.15, 0.2) is 0 Å². The smallest absolute Gasteiger partial charge is 0.306 e. The topological polar surface area (TPSA) is 95.9 Å². The van der Waals surface area contributed by atoms with Gasteiger partial charge >= 0.3 is 5.97 Å². The van der Waals surface area contributed by atoms with Crippen LogP contribution in [0.3, 0.4) is 0 Å². The molecule has 0 aliphatic rings. The quantitative estimate of drug-likeness (QED) is 0.0418. The Balaban J connectivity index is 4.45. The number of rotatable bonds is 51. The van der Waals surface area contributed by atoms with Crippen molar-refractivity contribution < 1.29 is 24.5 Å². The third-order valence-electron chi connectivity index (χ3n) is 13.2. The Morgan fingerprint density at radius 1 is 0.410 bits per heavy atom. The zero-order valence-electron chi connectivity index (χ0n) is 41.6. The molecule has 0 aliphatic carbocycles. The number of aliphatic hydroxyl groups excluding tert-OH is 2. The summed E-state index contributed by atoms with van der Waals surface area (Å²) in [5.41, 5.74) is 0. The van der Waals surface area contributed by atoms with Gasteiger partial charge in [-0.2, -0.15) is 0 Å². The van der Waals surface area contributed by atoms with Crippen molar-refractivity contribution in [3.8, 4) is 0 Å². The van der Waals surface area contributed by atoms with Crippen LogP contribution < -0.4 is 5.32 Å². The van der Waals surface area contributed by atoms with Gasteiger partial charge in [-0.05, 0) is 25.7 Å². The maximum atomic E-state index is 13.2. The Morgan fingerprint density at radius 2 is 0.689 bits per heavy atom. The molecule has 0 heterocycles. The molecule has 0 spiro atoms. The van der Waals surface area contributed by atoms with Crippen molar-refractivity contribution in [1.82, 2.24) is 5.32 Å². The monoisotopic (exact) mass is 864 g/mol. The van der Waals surface area contributed by atoms with Gasteiger partial charge in [0.2, 0.25) is 5.91 Å². The highest BCUT2D eigenvalue weighted by molar-refractivity contribution is 5.77. The summed E-state index contributed by atoms with van der Waals surface area (Å²) >= 11 is 0. The van der Waals surface area contributed by atoms with Crippen LogP contribution in [-0.4, -0.2) is 46.9 Å². The van der Waals surface area contributed by atoms with Gasteiger partial charge in [-0.25, -0.2) is 0 Å². The van der Waals surface area contributed by atoms with Crippen molar-refractivity contribution in [2.45, 2.75) is 334 Å². The standard InChI is InChI=1S/C55H109NO5/c1-4-7-10-13-16-19-22-25-27-28-29-32-35-38-41-44-47-53(58)52(50-57)56-54(59)49-51(46-43-40-37-34-31-24-21-18-15-12-9-6-3)61-55(60)48-45-42-39-36-33-30-26-23-20-17-14-11-8-5-2/h51-53,57-58H,4-50H2,1-3H3,(H,56,59). The first-order chi connectivity index (χ1) is 30.0. The summed E-state index contributed by atoms with van der Waals surface area (Å²) in [6.45, 7) is 6.52. The van der Waals surface area contributed by atoms with Crippen molar-refractivity contribution in [2.75, 3.05) is 6.61 Å². The van der Waals surface area contributed by atoms with E-state index in [1.807, 2.05) is 0 Å². The van der Waals surface area contributed by atoms with E-state index in [1.54, 1.807) is 0 Å². The maximum Gasteiger partial charge on any atom is 0.306 e. The fourth-order valence-corrected chi connectivity index (χ4v) is 8.96. The Bertz CT molecular complexity index is 882. The normalized spacial score (nSPS) is 13.1. The number of ether oxygens (including phenoxy) is 1. The molecule has 0 aromatic rings. The van der Waals surface area contributed by atoms with Crippen LogP contribution in [0.25, 0.3) is 0 Å². The fourth-order valence-electron chi connectivity index (χ4n) is 8.96.